The number of esters is 1. The maximum atomic E-state index is 12.0. The first-order valence-electron chi connectivity index (χ1n) is 7.15. The molecular weight excluding hydrogens is 296 g/mol. The smallest absolute Gasteiger partial charge is 0.339 e. The molecule has 2 aromatic carbocycles. The van der Waals surface area contributed by atoms with E-state index < -0.39 is 12.1 Å². The Kier molecular flexibility index (Phi) is 6.00. The maximum Gasteiger partial charge on any atom is 0.339 e. The average molecular weight is 316 g/mol. The lowest BCUT2D eigenvalue weighted by atomic mass is 10.1. The Labute approximate surface area is 135 Å². The van der Waals surface area contributed by atoms with Crippen LogP contribution in [0.5, 0.6) is 11.5 Å². The summed E-state index contributed by atoms with van der Waals surface area (Å²) in [5.74, 6) is 0.823. The first-order chi connectivity index (χ1) is 11.2. The molecule has 0 heterocycles. The second kappa shape index (κ2) is 8.19. The lowest BCUT2D eigenvalue weighted by molar-refractivity contribution is -0.155. The van der Waals surface area contributed by atoms with E-state index in [0.29, 0.717) is 11.5 Å². The van der Waals surface area contributed by atoms with E-state index in [1.165, 1.54) is 7.11 Å². The third kappa shape index (κ3) is 4.23. The van der Waals surface area contributed by atoms with Gasteiger partial charge in [-0.3, -0.25) is 0 Å². The molecule has 0 saturated heterocycles. The van der Waals surface area contributed by atoms with E-state index in [1.807, 2.05) is 42.5 Å². The van der Waals surface area contributed by atoms with Crippen LogP contribution in [0.2, 0.25) is 0 Å². The number of carbonyl (C=O) groups excluding carboxylic acids is 1. The van der Waals surface area contributed by atoms with E-state index in [9.17, 15) is 4.79 Å². The number of benzene rings is 2. The van der Waals surface area contributed by atoms with Crippen molar-refractivity contribution in [3.05, 3.63) is 59.7 Å². The van der Waals surface area contributed by atoms with Gasteiger partial charge in [-0.1, -0.05) is 36.4 Å². The molecule has 0 fully saturated rings. The van der Waals surface area contributed by atoms with Gasteiger partial charge in [0.1, 0.15) is 0 Å². The van der Waals surface area contributed by atoms with Crippen molar-refractivity contribution in [2.75, 3.05) is 21.3 Å². The van der Waals surface area contributed by atoms with Crippen LogP contribution in [-0.2, 0) is 20.9 Å². The van der Waals surface area contributed by atoms with Crippen LogP contribution in [0.25, 0.3) is 0 Å². The van der Waals surface area contributed by atoms with Gasteiger partial charge in [-0.05, 0) is 23.3 Å². The van der Waals surface area contributed by atoms with Gasteiger partial charge >= 0.3 is 5.97 Å². The van der Waals surface area contributed by atoms with Gasteiger partial charge in [0.25, 0.3) is 0 Å². The molecule has 5 nitrogen and oxygen atoms in total. The summed E-state index contributed by atoms with van der Waals surface area (Å²) >= 11 is 0. The van der Waals surface area contributed by atoms with Gasteiger partial charge in [-0.15, -0.1) is 0 Å². The zero-order chi connectivity index (χ0) is 16.7. The van der Waals surface area contributed by atoms with Crippen molar-refractivity contribution in [3.63, 3.8) is 0 Å². The fourth-order valence-corrected chi connectivity index (χ4v) is 2.19. The summed E-state index contributed by atoms with van der Waals surface area (Å²) < 4.78 is 21.1. The van der Waals surface area contributed by atoms with Gasteiger partial charge in [0.15, 0.2) is 17.6 Å². The Balaban J connectivity index is 2.14. The molecule has 0 bridgehead atoms. The molecule has 2 rings (SSSR count). The van der Waals surface area contributed by atoms with Gasteiger partial charge in [0.05, 0.1) is 27.9 Å². The predicted molar refractivity (Wildman–Crippen MR) is 85.5 cm³/mol. The lowest BCUT2D eigenvalue weighted by Gasteiger charge is -2.16. The van der Waals surface area contributed by atoms with E-state index in [4.69, 9.17) is 18.9 Å². The fourth-order valence-electron chi connectivity index (χ4n) is 2.19. The van der Waals surface area contributed by atoms with Gasteiger partial charge < -0.3 is 18.9 Å². The first-order valence-corrected chi connectivity index (χ1v) is 7.15. The molecule has 0 amide bonds. The summed E-state index contributed by atoms with van der Waals surface area (Å²) in [5, 5.41) is 0. The third-order valence-electron chi connectivity index (χ3n) is 3.38. The fraction of sp³-hybridized carbons (Fsp3) is 0.278. The second-order valence-electron chi connectivity index (χ2n) is 4.81. The van der Waals surface area contributed by atoms with E-state index in [2.05, 4.69) is 0 Å². The predicted octanol–water partition coefficient (Wildman–Crippen LogP) is 3.13. The molecule has 5 heteroatoms. The van der Waals surface area contributed by atoms with Crippen molar-refractivity contribution in [1.29, 1.82) is 0 Å². The minimum Gasteiger partial charge on any atom is -0.493 e. The molecule has 0 aliphatic rings. The quantitative estimate of drug-likeness (QED) is 0.735. The molecule has 0 aliphatic heterocycles. The van der Waals surface area contributed by atoms with Crippen LogP contribution in [0, 0.1) is 0 Å². The Hall–Kier alpha value is -2.53. The molecule has 0 unspecified atom stereocenters. The Morgan fingerprint density at radius 1 is 0.957 bits per heavy atom. The van der Waals surface area contributed by atoms with Crippen LogP contribution >= 0.6 is 0 Å². The maximum absolute atomic E-state index is 12.0. The van der Waals surface area contributed by atoms with Crippen LogP contribution in [0.1, 0.15) is 17.2 Å². The number of hydrogen-bond donors (Lipinski definition) is 0. The highest BCUT2D eigenvalue weighted by molar-refractivity contribution is 5.76. The van der Waals surface area contributed by atoms with Gasteiger partial charge in [-0.25, -0.2) is 4.79 Å². The van der Waals surface area contributed by atoms with Gasteiger partial charge in [0.2, 0.25) is 0 Å². The molecule has 2 aromatic rings. The molecule has 0 saturated carbocycles. The number of ether oxygens (including phenoxy) is 4. The van der Waals surface area contributed by atoms with E-state index in [0.717, 1.165) is 11.1 Å². The topological polar surface area (TPSA) is 54.0 Å². The summed E-state index contributed by atoms with van der Waals surface area (Å²) in [6.07, 6.45) is -0.769. The summed E-state index contributed by atoms with van der Waals surface area (Å²) in [5.41, 5.74) is 1.62. The van der Waals surface area contributed by atoms with Crippen LogP contribution in [0.4, 0.5) is 0 Å². The number of methoxy groups -OCH3 is 3. The van der Waals surface area contributed by atoms with Crippen LogP contribution in [-0.4, -0.2) is 27.3 Å². The van der Waals surface area contributed by atoms with Crippen molar-refractivity contribution in [3.8, 4) is 11.5 Å². The highest BCUT2D eigenvalue weighted by Crippen LogP contribution is 2.29. The molecule has 0 aromatic heterocycles. The van der Waals surface area contributed by atoms with Crippen molar-refractivity contribution < 1.29 is 23.7 Å². The van der Waals surface area contributed by atoms with Gasteiger partial charge in [-0.2, -0.15) is 0 Å². The summed E-state index contributed by atoms with van der Waals surface area (Å²) in [6, 6.07) is 14.7. The molecule has 1 atom stereocenters. The van der Waals surface area contributed by atoms with Crippen LogP contribution in [0.15, 0.2) is 48.5 Å². The number of rotatable bonds is 7. The highest BCUT2D eigenvalue weighted by Gasteiger charge is 2.22. The highest BCUT2D eigenvalue weighted by atomic mass is 16.6. The van der Waals surface area contributed by atoms with Crippen molar-refractivity contribution in [2.24, 2.45) is 0 Å². The van der Waals surface area contributed by atoms with Gasteiger partial charge in [0, 0.05) is 0 Å². The lowest BCUT2D eigenvalue weighted by Crippen LogP contribution is -2.17. The summed E-state index contributed by atoms with van der Waals surface area (Å²) in [4.78, 5) is 12.0. The monoisotopic (exact) mass is 316 g/mol. The molecule has 0 N–H and O–H groups in total. The van der Waals surface area contributed by atoms with E-state index in [1.54, 1.807) is 20.3 Å². The minimum absolute atomic E-state index is 0.245. The Morgan fingerprint density at radius 2 is 1.65 bits per heavy atom. The summed E-state index contributed by atoms with van der Waals surface area (Å²) in [7, 11) is 4.50. The summed E-state index contributed by atoms with van der Waals surface area (Å²) in [6.45, 7) is 0.245. The Morgan fingerprint density at radius 3 is 2.26 bits per heavy atom. The molecule has 23 heavy (non-hydrogen) atoms. The van der Waals surface area contributed by atoms with E-state index in [-0.39, 0.29) is 6.61 Å². The van der Waals surface area contributed by atoms with Crippen molar-refractivity contribution >= 4 is 5.97 Å². The zero-order valence-electron chi connectivity index (χ0n) is 13.4. The average Bonchev–Trinajstić information content (AvgIpc) is 2.62. The molecule has 0 spiro atoms. The first kappa shape index (κ1) is 16.8. The largest absolute Gasteiger partial charge is 0.493 e. The molecule has 0 radical (unpaired) electrons. The third-order valence-corrected chi connectivity index (χ3v) is 3.38. The van der Waals surface area contributed by atoms with Crippen molar-refractivity contribution in [1.82, 2.24) is 0 Å². The zero-order valence-corrected chi connectivity index (χ0v) is 13.4. The minimum atomic E-state index is -0.769. The SMILES string of the molecule is COC(=O)[C@H](OCc1ccc(OC)c(OC)c1)c1ccccc1. The molecule has 0 aliphatic carbocycles. The second-order valence-corrected chi connectivity index (χ2v) is 4.81. The number of carbonyl (C=O) groups is 1. The number of hydrogen-bond acceptors (Lipinski definition) is 5. The van der Waals surface area contributed by atoms with Crippen molar-refractivity contribution in [2.45, 2.75) is 12.7 Å². The molecular formula is C18H20O5. The standard InChI is InChI=1S/C18H20O5/c1-20-15-10-9-13(11-16(15)21-2)12-23-17(18(19)22-3)14-7-5-4-6-8-14/h4-11,17H,12H2,1-3H3/t17-/m1/s1. The molecule has 122 valence electrons. The van der Waals surface area contributed by atoms with Crippen LogP contribution < -0.4 is 9.47 Å². The normalized spacial score (nSPS) is 11.6. The van der Waals surface area contributed by atoms with E-state index >= 15 is 0 Å². The Bertz CT molecular complexity index is 639. The van der Waals surface area contributed by atoms with Crippen LogP contribution in [0.3, 0.4) is 0 Å².